The number of thiazole rings is 2. The highest BCUT2D eigenvalue weighted by Gasteiger charge is 2.20. The van der Waals surface area contributed by atoms with Gasteiger partial charge in [-0.2, -0.15) is 0 Å². The summed E-state index contributed by atoms with van der Waals surface area (Å²) in [5.41, 5.74) is 12.1. The molecule has 0 aliphatic carbocycles. The molecule has 3 N–H and O–H groups in total. The van der Waals surface area contributed by atoms with Crippen LogP contribution in [-0.2, 0) is 43.2 Å². The first-order chi connectivity index (χ1) is 16.9. The summed E-state index contributed by atoms with van der Waals surface area (Å²) in [6, 6.07) is 5.94. The van der Waals surface area contributed by atoms with E-state index < -0.39 is 18.1 Å². The normalized spacial score (nSPS) is 12.0. The number of carbonyl (C=O) groups is 3. The van der Waals surface area contributed by atoms with Crippen LogP contribution in [0.1, 0.15) is 27.3 Å². The van der Waals surface area contributed by atoms with E-state index >= 15 is 0 Å². The molecule has 0 aliphatic rings. The van der Waals surface area contributed by atoms with Gasteiger partial charge in [0.25, 0.3) is 0 Å². The number of hydrogen-bond donors (Lipinski definition) is 2. The molecule has 0 unspecified atom stereocenters. The molecule has 1 aromatic carbocycles. The Kier molecular flexibility index (Phi) is 12.0. The zero-order chi connectivity index (χ0) is 25.6. The second-order valence-corrected chi connectivity index (χ2v) is 8.58. The molecule has 188 valence electrons. The van der Waals surface area contributed by atoms with Gasteiger partial charge in [0.05, 0.1) is 49.3 Å². The number of nitrogens with two attached hydrogens (primary N) is 1. The van der Waals surface area contributed by atoms with Crippen LogP contribution in [-0.4, -0.2) is 61.3 Å². The van der Waals surface area contributed by atoms with Crippen molar-refractivity contribution >= 4 is 40.6 Å². The van der Waals surface area contributed by atoms with Gasteiger partial charge < -0.3 is 19.9 Å². The summed E-state index contributed by atoms with van der Waals surface area (Å²) >= 11 is 2.97. The minimum Gasteiger partial charge on any atom is -0.468 e. The minimum atomic E-state index is -0.600. The molecule has 3 aromatic rings. The van der Waals surface area contributed by atoms with Crippen molar-refractivity contribution in [3.8, 4) is 0 Å². The molecule has 2 heterocycles. The molecule has 0 amide bonds. The van der Waals surface area contributed by atoms with Gasteiger partial charge in [-0.1, -0.05) is 12.1 Å². The standard InChI is InChI=1S/C16H18N2O4S.C7H10N2O2S/c1-21-15(19)12-5-3-11(4-6-12)8-17-14(16(20)22-2)7-13-9-23-10-18-13;1-11-7(10)6(8)2-5-3-12-4-9-5/h3-6,9-10,14,17H,7-8H2,1-2H3;3-4,6H,2,8H2,1H3/t14-;6-/m00/s1. The maximum absolute atomic E-state index is 11.9. The molecule has 12 heteroatoms. The van der Waals surface area contributed by atoms with Gasteiger partial charge in [0.2, 0.25) is 0 Å². The fraction of sp³-hybridized carbons (Fsp3) is 0.348. The largest absolute Gasteiger partial charge is 0.468 e. The lowest BCUT2D eigenvalue weighted by molar-refractivity contribution is -0.143. The topological polar surface area (TPSA) is 143 Å². The Hall–Kier alpha value is -3.19. The quantitative estimate of drug-likeness (QED) is 0.301. The van der Waals surface area contributed by atoms with Crippen molar-refractivity contribution in [3.05, 3.63) is 68.6 Å². The van der Waals surface area contributed by atoms with E-state index in [1.165, 1.54) is 44.0 Å². The number of aromatic nitrogens is 2. The third-order valence-corrected chi connectivity index (χ3v) is 6.00. The van der Waals surface area contributed by atoms with E-state index in [1.54, 1.807) is 23.2 Å². The summed E-state index contributed by atoms with van der Waals surface area (Å²) < 4.78 is 14.0. The first kappa shape index (κ1) is 28.1. The minimum absolute atomic E-state index is 0.329. The average Bonchev–Trinajstić information content (AvgIpc) is 3.60. The Bertz CT molecular complexity index is 1040. The van der Waals surface area contributed by atoms with Crippen molar-refractivity contribution in [1.29, 1.82) is 0 Å². The fourth-order valence-corrected chi connectivity index (χ4v) is 3.99. The first-order valence-electron chi connectivity index (χ1n) is 10.4. The van der Waals surface area contributed by atoms with Crippen LogP contribution < -0.4 is 11.1 Å². The predicted octanol–water partition coefficient (Wildman–Crippen LogP) is 1.99. The molecular weight excluding hydrogens is 492 g/mol. The number of methoxy groups -OCH3 is 3. The van der Waals surface area contributed by atoms with E-state index in [9.17, 15) is 14.4 Å². The SMILES string of the molecule is COC(=O)[C@@H](N)Cc1cscn1.COC(=O)c1ccc(CN[C@@H](Cc2cscn2)C(=O)OC)cc1. The van der Waals surface area contributed by atoms with Crippen LogP contribution in [0, 0.1) is 0 Å². The van der Waals surface area contributed by atoms with Gasteiger partial charge in [0, 0.05) is 30.1 Å². The van der Waals surface area contributed by atoms with Crippen LogP contribution in [0.4, 0.5) is 0 Å². The second-order valence-electron chi connectivity index (χ2n) is 7.14. The highest BCUT2D eigenvalue weighted by Crippen LogP contribution is 2.09. The molecule has 0 saturated carbocycles. The number of rotatable bonds is 10. The van der Waals surface area contributed by atoms with Crippen molar-refractivity contribution in [3.63, 3.8) is 0 Å². The Morgan fingerprint density at radius 1 is 0.886 bits per heavy atom. The lowest BCUT2D eigenvalue weighted by Gasteiger charge is -2.15. The van der Waals surface area contributed by atoms with Crippen molar-refractivity contribution in [2.75, 3.05) is 21.3 Å². The van der Waals surface area contributed by atoms with Crippen LogP contribution in [0.5, 0.6) is 0 Å². The van der Waals surface area contributed by atoms with Crippen molar-refractivity contribution < 1.29 is 28.6 Å². The Labute approximate surface area is 211 Å². The molecule has 2 aromatic heterocycles. The maximum atomic E-state index is 11.9. The van der Waals surface area contributed by atoms with Gasteiger partial charge in [-0.3, -0.25) is 14.9 Å². The molecule has 10 nitrogen and oxygen atoms in total. The van der Waals surface area contributed by atoms with E-state index in [0.29, 0.717) is 24.9 Å². The number of esters is 3. The van der Waals surface area contributed by atoms with E-state index in [4.69, 9.17) is 10.5 Å². The zero-order valence-electron chi connectivity index (χ0n) is 19.6. The smallest absolute Gasteiger partial charge is 0.337 e. The number of nitrogens with zero attached hydrogens (tertiary/aromatic N) is 2. The molecule has 0 fully saturated rings. The van der Waals surface area contributed by atoms with Crippen LogP contribution in [0.15, 0.2) is 46.0 Å². The number of ether oxygens (including phenoxy) is 3. The fourth-order valence-electron chi connectivity index (χ4n) is 2.84. The van der Waals surface area contributed by atoms with Gasteiger partial charge in [-0.15, -0.1) is 22.7 Å². The maximum Gasteiger partial charge on any atom is 0.337 e. The van der Waals surface area contributed by atoms with Gasteiger partial charge >= 0.3 is 17.9 Å². The number of carbonyl (C=O) groups excluding carboxylic acids is 3. The molecule has 2 atom stereocenters. The lowest BCUT2D eigenvalue weighted by Crippen LogP contribution is -2.39. The van der Waals surface area contributed by atoms with Gasteiger partial charge in [0.1, 0.15) is 12.1 Å². The molecule has 0 aliphatic heterocycles. The Morgan fingerprint density at radius 2 is 1.46 bits per heavy atom. The van der Waals surface area contributed by atoms with Crippen LogP contribution in [0.3, 0.4) is 0 Å². The van der Waals surface area contributed by atoms with Gasteiger partial charge in [-0.05, 0) is 17.7 Å². The van der Waals surface area contributed by atoms with Crippen molar-refractivity contribution in [2.24, 2.45) is 5.73 Å². The zero-order valence-corrected chi connectivity index (χ0v) is 21.3. The van der Waals surface area contributed by atoms with Crippen molar-refractivity contribution in [1.82, 2.24) is 15.3 Å². The number of hydrogen-bond acceptors (Lipinski definition) is 12. The lowest BCUT2D eigenvalue weighted by atomic mass is 10.1. The van der Waals surface area contributed by atoms with E-state index in [-0.39, 0.29) is 11.9 Å². The van der Waals surface area contributed by atoms with E-state index in [2.05, 4.69) is 24.8 Å². The molecular formula is C23H28N4O6S2. The molecule has 35 heavy (non-hydrogen) atoms. The molecule has 0 bridgehead atoms. The Balaban J connectivity index is 0.000000303. The predicted molar refractivity (Wildman–Crippen MR) is 132 cm³/mol. The number of benzene rings is 1. The van der Waals surface area contributed by atoms with Crippen LogP contribution in [0.2, 0.25) is 0 Å². The second kappa shape index (κ2) is 14.9. The van der Waals surface area contributed by atoms with Crippen LogP contribution >= 0.6 is 22.7 Å². The molecule has 0 saturated heterocycles. The van der Waals surface area contributed by atoms with Gasteiger partial charge in [-0.25, -0.2) is 14.8 Å². The molecule has 0 radical (unpaired) electrons. The van der Waals surface area contributed by atoms with Crippen molar-refractivity contribution in [2.45, 2.75) is 31.5 Å². The van der Waals surface area contributed by atoms with Gasteiger partial charge in [0.15, 0.2) is 0 Å². The third kappa shape index (κ3) is 9.53. The first-order valence-corrected chi connectivity index (χ1v) is 12.3. The summed E-state index contributed by atoms with van der Waals surface area (Å²) in [7, 11) is 4.03. The molecule has 3 rings (SSSR count). The van der Waals surface area contributed by atoms with E-state index in [0.717, 1.165) is 17.0 Å². The van der Waals surface area contributed by atoms with Crippen LogP contribution in [0.25, 0.3) is 0 Å². The summed E-state index contributed by atoms with van der Waals surface area (Å²) in [5, 5.41) is 6.93. The van der Waals surface area contributed by atoms with E-state index in [1.807, 2.05) is 22.9 Å². The molecule has 0 spiro atoms. The number of nitrogens with one attached hydrogen (secondary N) is 1. The monoisotopic (exact) mass is 520 g/mol. The highest BCUT2D eigenvalue weighted by atomic mass is 32.1. The summed E-state index contributed by atoms with van der Waals surface area (Å²) in [4.78, 5) is 42.3. The summed E-state index contributed by atoms with van der Waals surface area (Å²) in [5.74, 6) is -1.10. The Morgan fingerprint density at radius 3 is 1.94 bits per heavy atom. The summed E-state index contributed by atoms with van der Waals surface area (Å²) in [6.45, 7) is 0.478. The third-order valence-electron chi connectivity index (χ3n) is 4.73. The highest BCUT2D eigenvalue weighted by molar-refractivity contribution is 7.07. The average molecular weight is 521 g/mol. The summed E-state index contributed by atoms with van der Waals surface area (Å²) in [6.07, 6.45) is 0.909.